The van der Waals surface area contributed by atoms with Crippen LogP contribution < -0.4 is 11.1 Å². The van der Waals surface area contributed by atoms with Crippen LogP contribution in [0.2, 0.25) is 0 Å². The van der Waals surface area contributed by atoms with Crippen molar-refractivity contribution in [1.29, 1.82) is 0 Å². The molecule has 23 heavy (non-hydrogen) atoms. The predicted octanol–water partition coefficient (Wildman–Crippen LogP) is 0.981. The molecule has 7 nitrogen and oxygen atoms in total. The molecule has 0 aliphatic carbocycles. The number of carbonyl (C=O) groups excluding carboxylic acids is 2. The molecule has 0 spiro atoms. The Morgan fingerprint density at radius 2 is 1.96 bits per heavy atom. The lowest BCUT2D eigenvalue weighted by Crippen LogP contribution is -2.32. The third-order valence-electron chi connectivity index (χ3n) is 2.90. The van der Waals surface area contributed by atoms with Crippen LogP contribution in [0.25, 0.3) is 0 Å². The molecule has 128 valence electrons. The Kier molecular flexibility index (Phi) is 6.53. The Morgan fingerprint density at radius 1 is 1.30 bits per heavy atom. The molecule has 7 heteroatoms. The third kappa shape index (κ3) is 7.12. The molecule has 0 aromatic heterocycles. The number of hydrogen-bond donors (Lipinski definition) is 4. The summed E-state index contributed by atoms with van der Waals surface area (Å²) in [5, 5.41) is 22.4. The van der Waals surface area contributed by atoms with Crippen LogP contribution in [-0.2, 0) is 16.1 Å². The van der Waals surface area contributed by atoms with Gasteiger partial charge in [0.25, 0.3) is 0 Å². The quantitative estimate of drug-likeness (QED) is 0.621. The minimum Gasteiger partial charge on any atom is -0.444 e. The summed E-state index contributed by atoms with van der Waals surface area (Å²) < 4.78 is 5.13. The van der Waals surface area contributed by atoms with Gasteiger partial charge in [-0.1, -0.05) is 24.3 Å². The lowest BCUT2D eigenvalue weighted by atomic mass is 10.00. The molecule has 0 bridgehead atoms. The second-order valence-electron chi connectivity index (χ2n) is 6.28. The van der Waals surface area contributed by atoms with Crippen LogP contribution in [0.3, 0.4) is 0 Å². The average Bonchev–Trinajstić information content (AvgIpc) is 2.42. The second kappa shape index (κ2) is 7.94. The van der Waals surface area contributed by atoms with Crippen molar-refractivity contribution >= 4 is 12.0 Å². The molecule has 1 rings (SSSR count). The van der Waals surface area contributed by atoms with E-state index in [4.69, 9.17) is 10.5 Å². The molecule has 0 saturated heterocycles. The molecular weight excluding hydrogens is 300 g/mol. The monoisotopic (exact) mass is 324 g/mol. The summed E-state index contributed by atoms with van der Waals surface area (Å²) in [5.74, 6) is -0.695. The summed E-state index contributed by atoms with van der Waals surface area (Å²) in [5.41, 5.74) is 5.57. The summed E-state index contributed by atoms with van der Waals surface area (Å²) in [6.45, 7) is 5.51. The first-order valence-corrected chi connectivity index (χ1v) is 7.28. The Balaban J connectivity index is 2.66. The largest absolute Gasteiger partial charge is 0.444 e. The lowest BCUT2D eigenvalue weighted by Gasteiger charge is -2.20. The van der Waals surface area contributed by atoms with Crippen molar-refractivity contribution in [2.75, 3.05) is 0 Å². The lowest BCUT2D eigenvalue weighted by molar-refractivity contribution is -0.121. The highest BCUT2D eigenvalue weighted by Crippen LogP contribution is 2.20. The molecule has 1 aromatic carbocycles. The molecule has 5 N–H and O–H groups in total. The minimum atomic E-state index is -1.28. The Hall–Kier alpha value is -2.12. The van der Waals surface area contributed by atoms with E-state index in [1.165, 1.54) is 0 Å². The van der Waals surface area contributed by atoms with Gasteiger partial charge in [-0.2, -0.15) is 0 Å². The summed E-state index contributed by atoms with van der Waals surface area (Å²) >= 11 is 0. The number of carbonyl (C=O) groups is 2. The summed E-state index contributed by atoms with van der Waals surface area (Å²) in [6.07, 6.45) is -3.38. The number of alkyl carbamates (subject to hydrolysis) is 1. The number of aliphatic hydroxyl groups excluding tert-OH is 2. The van der Waals surface area contributed by atoms with Gasteiger partial charge in [-0.25, -0.2) is 4.79 Å². The van der Waals surface area contributed by atoms with E-state index in [1.54, 1.807) is 45.0 Å². The van der Waals surface area contributed by atoms with Crippen LogP contribution in [0.4, 0.5) is 4.79 Å². The number of benzene rings is 1. The van der Waals surface area contributed by atoms with E-state index in [2.05, 4.69) is 5.32 Å². The van der Waals surface area contributed by atoms with Gasteiger partial charge < -0.3 is 26.0 Å². The molecule has 1 aromatic rings. The predicted molar refractivity (Wildman–Crippen MR) is 84.3 cm³/mol. The maximum atomic E-state index is 11.6. The van der Waals surface area contributed by atoms with E-state index < -0.39 is 29.8 Å². The van der Waals surface area contributed by atoms with Gasteiger partial charge in [0.05, 0.1) is 12.5 Å². The molecule has 2 atom stereocenters. The first kappa shape index (κ1) is 18.9. The van der Waals surface area contributed by atoms with Crippen molar-refractivity contribution in [2.24, 2.45) is 5.73 Å². The standard InChI is InChI=1S/C16H24N2O5/c1-16(2,3)23-15(22)18-9-10-5-4-6-11(7-10)14(21)12(19)8-13(17)20/h4-7,12,14,19,21H,8-9H2,1-3H3,(H2,17,20)(H,18,22). The molecule has 0 heterocycles. The van der Waals surface area contributed by atoms with E-state index in [0.717, 1.165) is 5.56 Å². The van der Waals surface area contributed by atoms with E-state index in [-0.39, 0.29) is 13.0 Å². The summed E-state index contributed by atoms with van der Waals surface area (Å²) in [6, 6.07) is 6.69. The maximum absolute atomic E-state index is 11.6. The van der Waals surface area contributed by atoms with Crippen molar-refractivity contribution in [3.8, 4) is 0 Å². The zero-order valence-corrected chi connectivity index (χ0v) is 13.6. The number of primary amides is 1. The molecule has 0 fully saturated rings. The fourth-order valence-corrected chi connectivity index (χ4v) is 1.92. The topological polar surface area (TPSA) is 122 Å². The highest BCUT2D eigenvalue weighted by atomic mass is 16.6. The fraction of sp³-hybridized carbons (Fsp3) is 0.500. The normalized spacial score (nSPS) is 14.0. The highest BCUT2D eigenvalue weighted by Gasteiger charge is 2.21. The van der Waals surface area contributed by atoms with E-state index in [0.29, 0.717) is 5.56 Å². The van der Waals surface area contributed by atoms with Gasteiger partial charge in [0.15, 0.2) is 0 Å². The van der Waals surface area contributed by atoms with Gasteiger partial charge in [0, 0.05) is 6.54 Å². The number of amides is 2. The van der Waals surface area contributed by atoms with E-state index in [1.807, 2.05) is 0 Å². The minimum absolute atomic E-state index is 0.210. The number of ether oxygens (including phenoxy) is 1. The summed E-state index contributed by atoms with van der Waals surface area (Å²) in [4.78, 5) is 22.4. The zero-order chi connectivity index (χ0) is 17.6. The average molecular weight is 324 g/mol. The molecular formula is C16H24N2O5. The Labute approximate surface area is 135 Å². The molecule has 0 radical (unpaired) electrons. The zero-order valence-electron chi connectivity index (χ0n) is 13.6. The van der Waals surface area contributed by atoms with Crippen LogP contribution in [0, 0.1) is 0 Å². The van der Waals surface area contributed by atoms with Gasteiger partial charge >= 0.3 is 6.09 Å². The van der Waals surface area contributed by atoms with Gasteiger partial charge in [0.1, 0.15) is 11.7 Å². The van der Waals surface area contributed by atoms with E-state index in [9.17, 15) is 19.8 Å². The molecule has 2 unspecified atom stereocenters. The van der Waals surface area contributed by atoms with Crippen LogP contribution >= 0.6 is 0 Å². The van der Waals surface area contributed by atoms with Crippen molar-refractivity contribution in [3.63, 3.8) is 0 Å². The van der Waals surface area contributed by atoms with Crippen LogP contribution in [0.5, 0.6) is 0 Å². The first-order valence-electron chi connectivity index (χ1n) is 7.28. The number of nitrogens with one attached hydrogen (secondary N) is 1. The SMILES string of the molecule is CC(C)(C)OC(=O)NCc1cccc(C(O)C(O)CC(N)=O)c1. The number of hydrogen-bond acceptors (Lipinski definition) is 5. The van der Waals surface area contributed by atoms with Crippen LogP contribution in [0.1, 0.15) is 44.4 Å². The molecule has 0 saturated carbocycles. The Morgan fingerprint density at radius 3 is 2.52 bits per heavy atom. The Bertz CT molecular complexity index is 554. The van der Waals surface area contributed by atoms with Crippen molar-refractivity contribution in [2.45, 2.75) is 51.5 Å². The third-order valence-corrected chi connectivity index (χ3v) is 2.90. The van der Waals surface area contributed by atoms with Crippen molar-refractivity contribution in [3.05, 3.63) is 35.4 Å². The maximum Gasteiger partial charge on any atom is 0.407 e. The summed E-state index contributed by atoms with van der Waals surface area (Å²) in [7, 11) is 0. The first-order chi connectivity index (χ1) is 10.6. The highest BCUT2D eigenvalue weighted by molar-refractivity contribution is 5.74. The van der Waals surface area contributed by atoms with Crippen molar-refractivity contribution in [1.82, 2.24) is 5.32 Å². The van der Waals surface area contributed by atoms with Gasteiger partial charge in [-0.05, 0) is 31.9 Å². The van der Waals surface area contributed by atoms with Gasteiger partial charge in [-0.3, -0.25) is 4.79 Å². The molecule has 0 aliphatic heterocycles. The van der Waals surface area contributed by atoms with E-state index >= 15 is 0 Å². The van der Waals surface area contributed by atoms with Crippen LogP contribution in [-0.4, -0.2) is 33.9 Å². The number of aliphatic hydroxyl groups is 2. The molecule has 2 amide bonds. The van der Waals surface area contributed by atoms with Gasteiger partial charge in [0.2, 0.25) is 5.91 Å². The second-order valence-corrected chi connectivity index (χ2v) is 6.28. The fourth-order valence-electron chi connectivity index (χ4n) is 1.92. The molecule has 0 aliphatic rings. The smallest absolute Gasteiger partial charge is 0.407 e. The van der Waals surface area contributed by atoms with Crippen molar-refractivity contribution < 1.29 is 24.5 Å². The van der Waals surface area contributed by atoms with Crippen LogP contribution in [0.15, 0.2) is 24.3 Å². The van der Waals surface area contributed by atoms with Gasteiger partial charge in [-0.15, -0.1) is 0 Å². The number of nitrogens with two attached hydrogens (primary N) is 1. The number of rotatable bonds is 6.